The molecule has 0 amide bonds. The first-order valence-corrected chi connectivity index (χ1v) is 11.4. The van der Waals surface area contributed by atoms with Crippen molar-refractivity contribution in [3.05, 3.63) is 83.9 Å². The van der Waals surface area contributed by atoms with Gasteiger partial charge in [0.1, 0.15) is 0 Å². The zero-order chi connectivity index (χ0) is 20.3. The van der Waals surface area contributed by atoms with Gasteiger partial charge in [-0.2, -0.15) is 0 Å². The molecule has 2 aromatic carbocycles. The van der Waals surface area contributed by atoms with E-state index in [1.807, 2.05) is 0 Å². The number of hydrogen-bond donors (Lipinski definition) is 1. The van der Waals surface area contributed by atoms with Crippen LogP contribution in [0.2, 0.25) is 0 Å². The van der Waals surface area contributed by atoms with E-state index in [0.29, 0.717) is 0 Å². The normalized spacial score (nSPS) is 26.0. The minimum Gasteiger partial charge on any atom is -0.393 e. The standard InChI is InChI=1S/C28H34O/c1-3-4-5-8-17-24-20-25-26(29)18-19-28(25,21(2)22-13-9-6-10-14-22)27(24)23-15-11-7-12-16-23/h6-7,9-16,25-26,29H,2-5,8,17-20H2,1H3/t25-,26?,28-/m0/s1. The van der Waals surface area contributed by atoms with Gasteiger partial charge in [-0.15, -0.1) is 0 Å². The highest BCUT2D eigenvalue weighted by atomic mass is 16.3. The average Bonchev–Trinajstić information content (AvgIpc) is 3.27. The van der Waals surface area contributed by atoms with E-state index in [1.165, 1.54) is 48.0 Å². The third kappa shape index (κ3) is 3.62. The molecule has 0 aromatic heterocycles. The van der Waals surface area contributed by atoms with Crippen molar-refractivity contribution in [3.63, 3.8) is 0 Å². The number of aliphatic hydroxyl groups excluding tert-OH is 1. The van der Waals surface area contributed by atoms with Gasteiger partial charge in [0.05, 0.1) is 6.10 Å². The molecule has 0 heterocycles. The van der Waals surface area contributed by atoms with E-state index in [0.717, 1.165) is 25.7 Å². The Hall–Kier alpha value is -2.12. The van der Waals surface area contributed by atoms with Crippen LogP contribution in [0.15, 0.2) is 72.8 Å². The van der Waals surface area contributed by atoms with Gasteiger partial charge in [-0.05, 0) is 54.4 Å². The van der Waals surface area contributed by atoms with Crippen molar-refractivity contribution < 1.29 is 5.11 Å². The summed E-state index contributed by atoms with van der Waals surface area (Å²) in [7, 11) is 0. The molecule has 1 unspecified atom stereocenters. The van der Waals surface area contributed by atoms with Gasteiger partial charge < -0.3 is 5.11 Å². The number of hydrogen-bond acceptors (Lipinski definition) is 1. The Labute approximate surface area is 176 Å². The fraction of sp³-hybridized carbons (Fsp3) is 0.429. The molecule has 1 nitrogen and oxygen atoms in total. The van der Waals surface area contributed by atoms with Crippen LogP contribution in [0, 0.1) is 11.3 Å². The van der Waals surface area contributed by atoms with Crippen LogP contribution in [0.25, 0.3) is 11.1 Å². The molecule has 0 bridgehead atoms. The second-order valence-corrected chi connectivity index (χ2v) is 8.89. The number of benzene rings is 2. The number of rotatable bonds is 8. The van der Waals surface area contributed by atoms with E-state index >= 15 is 0 Å². The van der Waals surface area contributed by atoms with Gasteiger partial charge in [0, 0.05) is 11.3 Å². The average molecular weight is 387 g/mol. The Morgan fingerprint density at radius 1 is 1.00 bits per heavy atom. The van der Waals surface area contributed by atoms with E-state index < -0.39 is 0 Å². The number of aliphatic hydroxyl groups is 1. The zero-order valence-corrected chi connectivity index (χ0v) is 17.7. The molecule has 0 radical (unpaired) electrons. The van der Waals surface area contributed by atoms with Crippen LogP contribution in [0.4, 0.5) is 0 Å². The maximum atomic E-state index is 11.0. The highest BCUT2D eigenvalue weighted by Gasteiger charge is 2.56. The molecule has 1 N–H and O–H groups in total. The van der Waals surface area contributed by atoms with Gasteiger partial charge in [0.25, 0.3) is 0 Å². The van der Waals surface area contributed by atoms with Crippen LogP contribution in [-0.2, 0) is 0 Å². The van der Waals surface area contributed by atoms with Gasteiger partial charge in [-0.25, -0.2) is 0 Å². The molecule has 1 heteroatoms. The number of unbranched alkanes of at least 4 members (excludes halogenated alkanes) is 3. The van der Waals surface area contributed by atoms with Crippen LogP contribution in [0.3, 0.4) is 0 Å². The summed E-state index contributed by atoms with van der Waals surface area (Å²) in [5, 5.41) is 11.0. The van der Waals surface area contributed by atoms with Crippen molar-refractivity contribution in [3.8, 4) is 0 Å². The summed E-state index contributed by atoms with van der Waals surface area (Å²) in [6.45, 7) is 6.92. The molecule has 2 aliphatic rings. The molecule has 2 aliphatic carbocycles. The van der Waals surface area contributed by atoms with Crippen molar-refractivity contribution in [2.24, 2.45) is 11.3 Å². The molecule has 0 aliphatic heterocycles. The molecule has 152 valence electrons. The van der Waals surface area contributed by atoms with Gasteiger partial charge in [0.15, 0.2) is 0 Å². The molecule has 0 saturated heterocycles. The largest absolute Gasteiger partial charge is 0.393 e. The van der Waals surface area contributed by atoms with E-state index in [4.69, 9.17) is 0 Å². The summed E-state index contributed by atoms with van der Waals surface area (Å²) in [5.41, 5.74) is 6.64. The minimum absolute atomic E-state index is 0.137. The fourth-order valence-electron chi connectivity index (χ4n) is 5.88. The Bertz CT molecular complexity index is 864. The fourth-order valence-corrected chi connectivity index (χ4v) is 5.88. The molecular weight excluding hydrogens is 352 g/mol. The quantitative estimate of drug-likeness (QED) is 0.472. The predicted molar refractivity (Wildman–Crippen MR) is 123 cm³/mol. The molecule has 3 atom stereocenters. The third-order valence-electron chi connectivity index (χ3n) is 7.25. The molecule has 0 spiro atoms. The Morgan fingerprint density at radius 3 is 2.38 bits per heavy atom. The first kappa shape index (κ1) is 20.2. The summed E-state index contributed by atoms with van der Waals surface area (Å²) in [6.07, 6.45) is 8.91. The molecule has 4 rings (SSSR count). The van der Waals surface area contributed by atoms with Crippen molar-refractivity contribution in [1.82, 2.24) is 0 Å². The lowest BCUT2D eigenvalue weighted by Crippen LogP contribution is -2.29. The van der Waals surface area contributed by atoms with E-state index in [-0.39, 0.29) is 17.4 Å². The first-order valence-electron chi connectivity index (χ1n) is 11.4. The van der Waals surface area contributed by atoms with Crippen LogP contribution in [-0.4, -0.2) is 11.2 Å². The summed E-state index contributed by atoms with van der Waals surface area (Å²) < 4.78 is 0. The SMILES string of the molecule is C=C(c1ccccc1)[C@@]12CCC(O)[C@@H]1CC(CCCCCC)=C2c1ccccc1. The summed E-state index contributed by atoms with van der Waals surface area (Å²) in [4.78, 5) is 0. The van der Waals surface area contributed by atoms with Crippen molar-refractivity contribution in [2.75, 3.05) is 0 Å². The number of allylic oxidation sites excluding steroid dienone is 3. The minimum atomic E-state index is -0.234. The summed E-state index contributed by atoms with van der Waals surface area (Å²) in [6, 6.07) is 21.5. The molecule has 1 saturated carbocycles. The van der Waals surface area contributed by atoms with Gasteiger partial charge >= 0.3 is 0 Å². The smallest absolute Gasteiger partial charge is 0.0583 e. The Kier molecular flexibility index (Phi) is 6.06. The van der Waals surface area contributed by atoms with Crippen LogP contribution in [0.5, 0.6) is 0 Å². The molecule has 1 fully saturated rings. The van der Waals surface area contributed by atoms with Gasteiger partial charge in [-0.3, -0.25) is 0 Å². The van der Waals surface area contributed by atoms with E-state index in [9.17, 15) is 5.11 Å². The lowest BCUT2D eigenvalue weighted by Gasteiger charge is -2.37. The lowest BCUT2D eigenvalue weighted by molar-refractivity contribution is 0.120. The summed E-state index contributed by atoms with van der Waals surface area (Å²) >= 11 is 0. The molecular formula is C28H34O. The highest BCUT2D eigenvalue weighted by molar-refractivity contribution is 5.90. The third-order valence-corrected chi connectivity index (χ3v) is 7.25. The second-order valence-electron chi connectivity index (χ2n) is 8.89. The summed E-state index contributed by atoms with van der Waals surface area (Å²) in [5.74, 6) is 0.256. The topological polar surface area (TPSA) is 20.2 Å². The maximum Gasteiger partial charge on any atom is 0.0583 e. The van der Waals surface area contributed by atoms with Gasteiger partial charge in [0.2, 0.25) is 0 Å². The van der Waals surface area contributed by atoms with Crippen LogP contribution >= 0.6 is 0 Å². The van der Waals surface area contributed by atoms with Gasteiger partial charge in [-0.1, -0.05) is 99.0 Å². The first-order chi connectivity index (χ1) is 14.2. The number of fused-ring (bicyclic) bond motifs is 1. The monoisotopic (exact) mass is 386 g/mol. The Balaban J connectivity index is 1.80. The predicted octanol–water partition coefficient (Wildman–Crippen LogP) is 7.29. The van der Waals surface area contributed by atoms with E-state index in [1.54, 1.807) is 5.57 Å². The zero-order valence-electron chi connectivity index (χ0n) is 17.7. The molecule has 2 aromatic rings. The van der Waals surface area contributed by atoms with Crippen molar-refractivity contribution in [1.29, 1.82) is 0 Å². The lowest BCUT2D eigenvalue weighted by atomic mass is 9.66. The highest BCUT2D eigenvalue weighted by Crippen LogP contribution is 2.66. The van der Waals surface area contributed by atoms with Crippen molar-refractivity contribution in [2.45, 2.75) is 64.4 Å². The second kappa shape index (κ2) is 8.71. The van der Waals surface area contributed by atoms with Crippen LogP contribution in [0.1, 0.15) is 69.4 Å². The molecule has 29 heavy (non-hydrogen) atoms. The maximum absolute atomic E-state index is 11.0. The van der Waals surface area contributed by atoms with Crippen molar-refractivity contribution >= 4 is 11.1 Å². The van der Waals surface area contributed by atoms with Crippen LogP contribution < -0.4 is 0 Å². The Morgan fingerprint density at radius 2 is 1.69 bits per heavy atom. The van der Waals surface area contributed by atoms with E-state index in [2.05, 4.69) is 74.2 Å².